The van der Waals surface area contributed by atoms with E-state index in [0.29, 0.717) is 5.92 Å². The van der Waals surface area contributed by atoms with Crippen molar-refractivity contribution in [3.05, 3.63) is 77.4 Å². The Morgan fingerprint density at radius 1 is 0.885 bits per heavy atom. The van der Waals surface area contributed by atoms with Gasteiger partial charge >= 0.3 is 0 Å². The molecule has 0 fully saturated rings. The van der Waals surface area contributed by atoms with Gasteiger partial charge in [0.15, 0.2) is 0 Å². The quantitative estimate of drug-likeness (QED) is 0.526. The predicted octanol–water partition coefficient (Wildman–Crippen LogP) is 8.14. The number of benzene rings is 2. The average Bonchev–Trinajstić information content (AvgIpc) is 2.61. The second-order valence-electron chi connectivity index (χ2n) is 8.39. The van der Waals surface area contributed by atoms with E-state index in [2.05, 4.69) is 95.3 Å². The van der Waals surface area contributed by atoms with Gasteiger partial charge in [-0.15, -0.1) is 0 Å². The summed E-state index contributed by atoms with van der Waals surface area (Å²) in [5, 5.41) is 0. The monoisotopic (exact) mass is 346 g/mol. The Labute approximate surface area is 160 Å². The highest BCUT2D eigenvalue weighted by molar-refractivity contribution is 5.81. The fourth-order valence-corrected chi connectivity index (χ4v) is 3.63. The van der Waals surface area contributed by atoms with Crippen molar-refractivity contribution in [2.75, 3.05) is 0 Å². The zero-order valence-electron chi connectivity index (χ0n) is 16.3. The van der Waals surface area contributed by atoms with Gasteiger partial charge < -0.3 is 0 Å². The molecule has 1 aliphatic carbocycles. The molecule has 26 heavy (non-hydrogen) atoms. The first-order valence-electron chi connectivity index (χ1n) is 9.49. The van der Waals surface area contributed by atoms with E-state index in [4.69, 9.17) is 0 Å². The van der Waals surface area contributed by atoms with Crippen LogP contribution in [0, 0.1) is 0 Å². The van der Waals surface area contributed by atoms with Gasteiger partial charge in [-0.1, -0.05) is 90.6 Å². The van der Waals surface area contributed by atoms with E-state index in [9.17, 15) is 0 Å². The summed E-state index contributed by atoms with van der Waals surface area (Å²) in [5.74, 6) is 0.496. The summed E-state index contributed by atoms with van der Waals surface area (Å²) >= 11 is 0. The highest BCUT2D eigenvalue weighted by Gasteiger charge is 2.23. The third-order valence-electron chi connectivity index (χ3n) is 5.01. The Kier molecular flexibility index (Phi) is 6.29. The lowest BCUT2D eigenvalue weighted by Crippen LogP contribution is -2.15. The summed E-state index contributed by atoms with van der Waals surface area (Å²) in [7, 11) is 0. The van der Waals surface area contributed by atoms with E-state index in [1.54, 1.807) is 0 Å². The topological polar surface area (TPSA) is 0 Å². The standard InChI is InChI=1S/C25H30.CH4/c1-18(2)21-16-23(20-14-10-7-11-15-20)24(25(3,4)5)17-22(21)19-12-8-6-9-13-19;/h6,8-10,12-18H,7,11H2,1-5H3;1H4. The number of rotatable bonds is 3. The second kappa shape index (κ2) is 8.08. The summed E-state index contributed by atoms with van der Waals surface area (Å²) in [6.07, 6.45) is 9.32. The van der Waals surface area contributed by atoms with Crippen LogP contribution in [0.4, 0.5) is 0 Å². The van der Waals surface area contributed by atoms with Crippen LogP contribution in [0.15, 0.2) is 60.7 Å². The first-order valence-corrected chi connectivity index (χ1v) is 9.49. The smallest absolute Gasteiger partial charge is 0.0125 e. The molecule has 0 nitrogen and oxygen atoms in total. The third-order valence-corrected chi connectivity index (χ3v) is 5.01. The lowest BCUT2D eigenvalue weighted by Gasteiger charge is -2.28. The van der Waals surface area contributed by atoms with Crippen molar-refractivity contribution in [1.29, 1.82) is 0 Å². The molecular weight excluding hydrogens is 312 g/mol. The van der Waals surface area contributed by atoms with Crippen LogP contribution in [0.25, 0.3) is 16.7 Å². The van der Waals surface area contributed by atoms with Gasteiger partial charge in [-0.05, 0) is 69.7 Å². The van der Waals surface area contributed by atoms with Gasteiger partial charge in [-0.25, -0.2) is 0 Å². The van der Waals surface area contributed by atoms with Crippen molar-refractivity contribution < 1.29 is 0 Å². The molecule has 0 heterocycles. The Morgan fingerprint density at radius 3 is 2.12 bits per heavy atom. The van der Waals surface area contributed by atoms with E-state index >= 15 is 0 Å². The van der Waals surface area contributed by atoms with Crippen LogP contribution in [0.2, 0.25) is 0 Å². The lowest BCUT2D eigenvalue weighted by molar-refractivity contribution is 0.588. The van der Waals surface area contributed by atoms with Crippen molar-refractivity contribution >= 4 is 5.57 Å². The van der Waals surface area contributed by atoms with Gasteiger partial charge in [-0.2, -0.15) is 0 Å². The van der Waals surface area contributed by atoms with Crippen LogP contribution < -0.4 is 0 Å². The number of hydrogen-bond acceptors (Lipinski definition) is 0. The summed E-state index contributed by atoms with van der Waals surface area (Å²) in [6.45, 7) is 11.6. The van der Waals surface area contributed by atoms with Crippen LogP contribution >= 0.6 is 0 Å². The molecule has 3 rings (SSSR count). The van der Waals surface area contributed by atoms with Crippen LogP contribution in [0.3, 0.4) is 0 Å². The van der Waals surface area contributed by atoms with Gasteiger partial charge in [0.1, 0.15) is 0 Å². The van der Waals surface area contributed by atoms with Gasteiger partial charge in [0.05, 0.1) is 0 Å². The Morgan fingerprint density at radius 2 is 1.58 bits per heavy atom. The lowest BCUT2D eigenvalue weighted by atomic mass is 9.77. The first kappa shape index (κ1) is 20.2. The normalized spacial score (nSPS) is 14.2. The van der Waals surface area contributed by atoms with Gasteiger partial charge in [0, 0.05) is 0 Å². The molecule has 0 N–H and O–H groups in total. The highest BCUT2D eigenvalue weighted by atomic mass is 14.3. The second-order valence-corrected chi connectivity index (χ2v) is 8.39. The maximum atomic E-state index is 2.45. The van der Waals surface area contributed by atoms with E-state index in [0.717, 1.165) is 12.8 Å². The molecule has 0 radical (unpaired) electrons. The molecule has 0 spiro atoms. The molecule has 2 aromatic rings. The molecule has 0 bridgehead atoms. The van der Waals surface area contributed by atoms with Crippen LogP contribution in [0.5, 0.6) is 0 Å². The summed E-state index contributed by atoms with van der Waals surface area (Å²) in [4.78, 5) is 0. The molecule has 0 aliphatic heterocycles. The summed E-state index contributed by atoms with van der Waals surface area (Å²) in [6, 6.07) is 15.7. The summed E-state index contributed by atoms with van der Waals surface area (Å²) < 4.78 is 0. The Balaban J connectivity index is 0.00000243. The average molecular weight is 347 g/mol. The van der Waals surface area contributed by atoms with Crippen molar-refractivity contribution in [3.63, 3.8) is 0 Å². The van der Waals surface area contributed by atoms with Gasteiger partial charge in [0.25, 0.3) is 0 Å². The fourth-order valence-electron chi connectivity index (χ4n) is 3.63. The highest BCUT2D eigenvalue weighted by Crippen LogP contribution is 2.39. The zero-order chi connectivity index (χ0) is 18.0. The van der Waals surface area contributed by atoms with Crippen LogP contribution in [-0.2, 0) is 5.41 Å². The Hall–Kier alpha value is -2.08. The maximum Gasteiger partial charge on any atom is -0.0125 e. The zero-order valence-corrected chi connectivity index (χ0v) is 16.3. The van der Waals surface area contributed by atoms with E-state index in [1.807, 2.05) is 0 Å². The van der Waals surface area contributed by atoms with Crippen LogP contribution in [0.1, 0.15) is 77.5 Å². The molecule has 0 amide bonds. The minimum absolute atomic E-state index is 0. The SMILES string of the molecule is C.CC(C)c1cc(C2=CCCC=C2)c(C(C)(C)C)cc1-c1ccccc1. The molecule has 0 atom stereocenters. The van der Waals surface area contributed by atoms with Gasteiger partial charge in [0.2, 0.25) is 0 Å². The minimum atomic E-state index is 0. The molecule has 1 aliphatic rings. The van der Waals surface area contributed by atoms with Gasteiger partial charge in [-0.3, -0.25) is 0 Å². The van der Waals surface area contributed by atoms with Crippen molar-refractivity contribution in [2.45, 2.75) is 66.2 Å². The third kappa shape index (κ3) is 4.18. The number of hydrogen-bond donors (Lipinski definition) is 0. The molecule has 0 aromatic heterocycles. The first-order chi connectivity index (χ1) is 11.9. The molecule has 0 saturated carbocycles. The predicted molar refractivity (Wildman–Crippen MR) is 118 cm³/mol. The molecule has 0 unspecified atom stereocenters. The van der Waals surface area contributed by atoms with E-state index in [-0.39, 0.29) is 12.8 Å². The van der Waals surface area contributed by atoms with Crippen molar-refractivity contribution in [2.24, 2.45) is 0 Å². The fraction of sp³-hybridized carbons (Fsp3) is 0.385. The van der Waals surface area contributed by atoms with E-state index in [1.165, 1.54) is 33.4 Å². The molecule has 0 heteroatoms. The van der Waals surface area contributed by atoms with Crippen LogP contribution in [-0.4, -0.2) is 0 Å². The summed E-state index contributed by atoms with van der Waals surface area (Å²) in [5.41, 5.74) is 8.48. The molecule has 138 valence electrons. The largest absolute Gasteiger partial charge is 0.0836 e. The number of allylic oxidation sites excluding steroid dienone is 4. The molecular formula is C26H34. The van der Waals surface area contributed by atoms with E-state index < -0.39 is 0 Å². The molecule has 0 saturated heterocycles. The van der Waals surface area contributed by atoms with Crippen molar-refractivity contribution in [1.82, 2.24) is 0 Å². The minimum Gasteiger partial charge on any atom is -0.0836 e. The Bertz CT molecular complexity index is 796. The molecule has 2 aromatic carbocycles. The van der Waals surface area contributed by atoms with Crippen molar-refractivity contribution in [3.8, 4) is 11.1 Å². The maximum absolute atomic E-state index is 2.45.